The molecule has 0 radical (unpaired) electrons. The molecular weight excluding hydrogens is 672 g/mol. The predicted molar refractivity (Wildman–Crippen MR) is 118 cm³/mol. The van der Waals surface area contributed by atoms with E-state index in [-0.39, 0.29) is 22.4 Å². The van der Waals surface area contributed by atoms with E-state index in [1.165, 1.54) is 12.8 Å². The Kier molecular flexibility index (Phi) is 12.2. The first-order valence-corrected chi connectivity index (χ1v) is 11.4. The first-order valence-electron chi connectivity index (χ1n) is 10.0. The van der Waals surface area contributed by atoms with Crippen LogP contribution in [0.2, 0.25) is 0 Å². The van der Waals surface area contributed by atoms with E-state index in [0.717, 1.165) is 29.6 Å². The standard InChI is InChI=1S/C11H9N5.C8H15N2.CHF3O3S.Au/c1-2-8(10-12-4-5-13-10)16-9(3-1)11-14-6-7-15-11;1-3-4-5-10-7-6-9(2)8-10;2-1(3,4)8(5,6)7;/h1-7H,(H,12,13)(H,14,15);6-8H,3-5H2,1-2H3;(H,5,6,7);/q;-1;;+1/p-1. The van der Waals surface area contributed by atoms with E-state index in [1.54, 1.807) is 24.8 Å². The minimum Gasteiger partial charge on any atom is -0.741 e. The molecule has 15 heteroatoms. The molecular formula is C20H24AuF3N7O3S-. The van der Waals surface area contributed by atoms with E-state index >= 15 is 0 Å². The Morgan fingerprint density at radius 2 is 1.57 bits per heavy atom. The van der Waals surface area contributed by atoms with Gasteiger partial charge in [-0.2, -0.15) is 19.8 Å². The zero-order valence-corrected chi connectivity index (χ0v) is 21.7. The summed E-state index contributed by atoms with van der Waals surface area (Å²) in [6.07, 6.45) is 13.7. The summed E-state index contributed by atoms with van der Waals surface area (Å²) in [5.41, 5.74) is -4.04. The van der Waals surface area contributed by atoms with Crippen molar-refractivity contribution in [2.75, 3.05) is 13.6 Å². The van der Waals surface area contributed by atoms with Crippen LogP contribution in [0.4, 0.5) is 13.2 Å². The van der Waals surface area contributed by atoms with E-state index in [2.05, 4.69) is 60.7 Å². The number of rotatable bonds is 5. The monoisotopic (exact) mass is 696 g/mol. The van der Waals surface area contributed by atoms with Gasteiger partial charge in [-0.25, -0.2) is 23.4 Å². The summed E-state index contributed by atoms with van der Waals surface area (Å²) in [7, 11) is -4.05. The second-order valence-electron chi connectivity index (χ2n) is 6.85. The van der Waals surface area contributed by atoms with E-state index in [4.69, 9.17) is 13.0 Å². The summed E-state index contributed by atoms with van der Waals surface area (Å²) in [5, 5.41) is 0. The topological polar surface area (TPSA) is 134 Å². The molecule has 10 nitrogen and oxygen atoms in total. The first kappa shape index (κ1) is 30.4. The molecule has 0 amide bonds. The van der Waals surface area contributed by atoms with Crippen molar-refractivity contribution < 1.29 is 48.5 Å². The molecule has 0 saturated heterocycles. The van der Waals surface area contributed by atoms with Crippen molar-refractivity contribution >= 4 is 10.1 Å². The Hall–Kier alpha value is -2.65. The molecule has 3 aromatic rings. The van der Waals surface area contributed by atoms with Gasteiger partial charge in [0.25, 0.3) is 0 Å². The summed E-state index contributed by atoms with van der Waals surface area (Å²) in [5.74, 6) is 1.52. The molecule has 0 aliphatic carbocycles. The summed E-state index contributed by atoms with van der Waals surface area (Å²) in [4.78, 5) is 23.1. The van der Waals surface area contributed by atoms with Gasteiger partial charge in [0.1, 0.15) is 11.4 Å². The zero-order valence-electron chi connectivity index (χ0n) is 18.7. The van der Waals surface area contributed by atoms with Gasteiger partial charge in [-0.1, -0.05) is 19.4 Å². The van der Waals surface area contributed by atoms with Gasteiger partial charge in [-0.3, -0.25) is 0 Å². The Labute approximate surface area is 217 Å². The van der Waals surface area contributed by atoms with E-state index < -0.39 is 15.6 Å². The number of H-pyrrole nitrogens is 2. The maximum absolute atomic E-state index is 10.7. The second kappa shape index (κ2) is 14.0. The van der Waals surface area contributed by atoms with Crippen molar-refractivity contribution in [3.05, 3.63) is 62.1 Å². The second-order valence-corrected chi connectivity index (χ2v) is 8.23. The number of halogens is 3. The molecule has 1 aliphatic rings. The molecule has 0 bridgehead atoms. The number of aromatic amines is 2. The summed E-state index contributed by atoms with van der Waals surface area (Å²) in [6.45, 7) is 5.47. The fraction of sp³-hybridized carbons (Fsp3) is 0.300. The van der Waals surface area contributed by atoms with Crippen LogP contribution in [0, 0.1) is 6.67 Å². The third-order valence-electron chi connectivity index (χ3n) is 4.11. The fourth-order valence-electron chi connectivity index (χ4n) is 2.48. The van der Waals surface area contributed by atoms with Crippen LogP contribution in [0.15, 0.2) is 55.4 Å². The van der Waals surface area contributed by atoms with Crippen molar-refractivity contribution in [3.63, 3.8) is 0 Å². The zero-order chi connectivity index (χ0) is 25.2. The molecule has 2 N–H and O–H groups in total. The molecule has 35 heavy (non-hydrogen) atoms. The van der Waals surface area contributed by atoms with Crippen molar-refractivity contribution in [1.29, 1.82) is 0 Å². The van der Waals surface area contributed by atoms with Crippen LogP contribution >= 0.6 is 0 Å². The molecule has 4 heterocycles. The minimum absolute atomic E-state index is 0. The van der Waals surface area contributed by atoms with Gasteiger partial charge < -0.3 is 24.3 Å². The molecule has 0 atom stereocenters. The Morgan fingerprint density at radius 1 is 1.06 bits per heavy atom. The molecule has 4 rings (SSSR count). The van der Waals surface area contributed by atoms with E-state index in [0.29, 0.717) is 0 Å². The summed E-state index contributed by atoms with van der Waals surface area (Å²) < 4.78 is 58.9. The van der Waals surface area contributed by atoms with Crippen LogP contribution in [0.5, 0.6) is 0 Å². The van der Waals surface area contributed by atoms with E-state index in [9.17, 15) is 13.2 Å². The number of nitrogens with zero attached hydrogens (tertiary/aromatic N) is 5. The van der Waals surface area contributed by atoms with Gasteiger partial charge in [-0.05, 0) is 44.5 Å². The molecule has 0 unspecified atom stereocenters. The maximum Gasteiger partial charge on any atom is 1.00 e. The molecule has 1 aliphatic heterocycles. The number of nitrogens with one attached hydrogen (secondary N) is 2. The number of hydrogen-bond acceptors (Lipinski definition) is 8. The largest absolute Gasteiger partial charge is 1.00 e. The van der Waals surface area contributed by atoms with Crippen molar-refractivity contribution in [2.24, 2.45) is 0 Å². The smallest absolute Gasteiger partial charge is 0.741 e. The van der Waals surface area contributed by atoms with Crippen molar-refractivity contribution in [1.82, 2.24) is 34.7 Å². The van der Waals surface area contributed by atoms with Gasteiger partial charge in [0, 0.05) is 24.8 Å². The Bertz CT molecular complexity index is 1080. The minimum atomic E-state index is -6.09. The van der Waals surface area contributed by atoms with Crippen LogP contribution in [-0.4, -0.2) is 66.8 Å². The quantitative estimate of drug-likeness (QED) is 0.179. The van der Waals surface area contributed by atoms with Gasteiger partial charge >= 0.3 is 27.9 Å². The number of aromatic nitrogens is 5. The average Bonchev–Trinajstić information content (AvgIpc) is 3.55. The van der Waals surface area contributed by atoms with Gasteiger partial charge in [0.2, 0.25) is 0 Å². The first-order chi connectivity index (χ1) is 16.0. The third-order valence-corrected chi connectivity index (χ3v) is 4.67. The molecule has 196 valence electrons. The average molecular weight is 696 g/mol. The third kappa shape index (κ3) is 10.2. The van der Waals surface area contributed by atoms with Crippen molar-refractivity contribution in [2.45, 2.75) is 25.3 Å². The molecule has 0 saturated carbocycles. The molecule has 3 aromatic heterocycles. The van der Waals surface area contributed by atoms with Crippen LogP contribution in [0.3, 0.4) is 0 Å². The van der Waals surface area contributed by atoms with Gasteiger partial charge in [0.05, 0.1) is 0 Å². The SMILES string of the molecule is CCCCN1C=CN(C)[CH-]1.O=S(=O)([O-])C(F)(F)F.[Au+].c1cc(-c2ncc[nH]2)nc(-c2ncc[nH]2)c1. The van der Waals surface area contributed by atoms with Crippen LogP contribution in [0.25, 0.3) is 23.0 Å². The number of unbranched alkanes of at least 4 members (excludes halogenated alkanes) is 1. The Balaban J connectivity index is 0.000000281. The number of alkyl halides is 3. The predicted octanol–water partition coefficient (Wildman–Crippen LogP) is 3.54. The Morgan fingerprint density at radius 3 is 1.91 bits per heavy atom. The molecule has 0 fully saturated rings. The van der Waals surface area contributed by atoms with Crippen LogP contribution in [0.1, 0.15) is 19.8 Å². The molecule has 0 spiro atoms. The fourth-order valence-corrected chi connectivity index (χ4v) is 2.48. The van der Waals surface area contributed by atoms with Gasteiger partial charge in [-0.15, -0.1) is 0 Å². The van der Waals surface area contributed by atoms with Crippen molar-refractivity contribution in [3.8, 4) is 23.0 Å². The number of pyridine rings is 1. The number of hydrogen-bond donors (Lipinski definition) is 2. The maximum atomic E-state index is 10.7. The van der Waals surface area contributed by atoms with Gasteiger partial charge in [0.15, 0.2) is 21.8 Å². The number of imidazole rings is 2. The normalized spacial score (nSPS) is 12.9. The van der Waals surface area contributed by atoms with Crippen LogP contribution in [-0.2, 0) is 32.5 Å². The summed E-state index contributed by atoms with van der Waals surface area (Å²) in [6, 6.07) is 5.75. The van der Waals surface area contributed by atoms with E-state index in [1.807, 2.05) is 25.2 Å². The molecule has 0 aromatic carbocycles. The summed E-state index contributed by atoms with van der Waals surface area (Å²) >= 11 is 0. The van der Waals surface area contributed by atoms with Crippen LogP contribution < -0.4 is 0 Å².